The smallest absolute Gasteiger partial charge is 0.296 e. The second-order valence-corrected chi connectivity index (χ2v) is 4.27. The zero-order chi connectivity index (χ0) is 11.7. The molecule has 0 amide bonds. The molecular formula is C11H10N4OS. The number of nitrogens with one attached hydrogen (secondary N) is 1. The highest BCUT2D eigenvalue weighted by Gasteiger charge is 2.07. The predicted octanol–water partition coefficient (Wildman–Crippen LogP) is 2.48. The molecule has 1 aromatic carbocycles. The number of fused-ring (bicyclic) bond motifs is 1. The normalized spacial score (nSPS) is 10.8. The maximum absolute atomic E-state index is 5.80. The molecule has 0 aliphatic heterocycles. The van der Waals surface area contributed by atoms with Crippen LogP contribution in [0.15, 0.2) is 33.5 Å². The summed E-state index contributed by atoms with van der Waals surface area (Å²) in [6, 6.07) is 5.94. The standard InChI is InChI=1S/C11H10N4OS/c12-8-2-1-3-9-10(8)15-11(16-9)13-4-7-5-17-6-14-7/h1-3,5-6H,4,12H2,(H,13,15). The topological polar surface area (TPSA) is 77.0 Å². The molecule has 6 heteroatoms. The van der Waals surface area contributed by atoms with E-state index in [1.807, 2.05) is 17.5 Å². The van der Waals surface area contributed by atoms with Crippen molar-refractivity contribution >= 4 is 34.1 Å². The summed E-state index contributed by atoms with van der Waals surface area (Å²) in [4.78, 5) is 8.45. The van der Waals surface area contributed by atoms with Gasteiger partial charge in [0, 0.05) is 5.38 Å². The van der Waals surface area contributed by atoms with Crippen LogP contribution >= 0.6 is 11.3 Å². The van der Waals surface area contributed by atoms with Gasteiger partial charge >= 0.3 is 0 Å². The molecule has 0 fully saturated rings. The van der Waals surface area contributed by atoms with E-state index in [4.69, 9.17) is 10.2 Å². The first-order valence-corrected chi connectivity index (χ1v) is 6.03. The van der Waals surface area contributed by atoms with Crippen LogP contribution in [0.25, 0.3) is 11.1 Å². The minimum atomic E-state index is 0.464. The lowest BCUT2D eigenvalue weighted by atomic mass is 10.3. The molecule has 5 nitrogen and oxygen atoms in total. The molecule has 86 valence electrons. The molecule has 3 aromatic rings. The van der Waals surface area contributed by atoms with Gasteiger partial charge in [-0.2, -0.15) is 4.98 Å². The second kappa shape index (κ2) is 4.06. The van der Waals surface area contributed by atoms with Crippen molar-refractivity contribution in [3.63, 3.8) is 0 Å². The van der Waals surface area contributed by atoms with Crippen molar-refractivity contribution < 1.29 is 4.42 Å². The highest BCUT2D eigenvalue weighted by molar-refractivity contribution is 7.07. The second-order valence-electron chi connectivity index (χ2n) is 3.55. The summed E-state index contributed by atoms with van der Waals surface area (Å²) in [5.41, 5.74) is 10.5. The Labute approximate surface area is 101 Å². The fraction of sp³-hybridized carbons (Fsp3) is 0.0909. The summed E-state index contributed by atoms with van der Waals surface area (Å²) < 4.78 is 5.52. The number of hydrogen-bond donors (Lipinski definition) is 2. The number of benzene rings is 1. The number of nitrogens with two attached hydrogens (primary N) is 1. The monoisotopic (exact) mass is 246 g/mol. The van der Waals surface area contributed by atoms with Crippen molar-refractivity contribution in [1.82, 2.24) is 9.97 Å². The number of thiazole rings is 1. The molecule has 0 aliphatic carbocycles. The number of para-hydroxylation sites is 1. The van der Waals surface area contributed by atoms with Crippen LogP contribution in [0.3, 0.4) is 0 Å². The van der Waals surface area contributed by atoms with Crippen molar-refractivity contribution in [3.05, 3.63) is 34.8 Å². The molecule has 2 heterocycles. The highest BCUT2D eigenvalue weighted by Crippen LogP contribution is 2.23. The minimum absolute atomic E-state index is 0.464. The van der Waals surface area contributed by atoms with Gasteiger partial charge in [0.15, 0.2) is 5.58 Å². The van der Waals surface area contributed by atoms with Gasteiger partial charge in [0.2, 0.25) is 0 Å². The molecule has 17 heavy (non-hydrogen) atoms. The Morgan fingerprint density at radius 1 is 1.41 bits per heavy atom. The number of rotatable bonds is 3. The quantitative estimate of drug-likeness (QED) is 0.694. The Balaban J connectivity index is 1.84. The van der Waals surface area contributed by atoms with Crippen LogP contribution < -0.4 is 11.1 Å². The van der Waals surface area contributed by atoms with Gasteiger partial charge in [0.25, 0.3) is 6.01 Å². The predicted molar refractivity (Wildman–Crippen MR) is 67.9 cm³/mol. The van der Waals surface area contributed by atoms with Crippen LogP contribution in [0.2, 0.25) is 0 Å². The zero-order valence-electron chi connectivity index (χ0n) is 8.88. The fourth-order valence-electron chi connectivity index (χ4n) is 1.54. The third-order valence-corrected chi connectivity index (χ3v) is 2.99. The molecule has 0 radical (unpaired) electrons. The Morgan fingerprint density at radius 2 is 2.35 bits per heavy atom. The van der Waals surface area contributed by atoms with E-state index in [0.29, 0.717) is 29.3 Å². The van der Waals surface area contributed by atoms with Crippen LogP contribution in [0.1, 0.15) is 5.69 Å². The first-order valence-electron chi connectivity index (χ1n) is 5.09. The average Bonchev–Trinajstić information content (AvgIpc) is 2.95. The molecule has 3 N–H and O–H groups in total. The number of anilines is 2. The van der Waals surface area contributed by atoms with Gasteiger partial charge in [-0.3, -0.25) is 0 Å². The van der Waals surface area contributed by atoms with Crippen LogP contribution in [-0.4, -0.2) is 9.97 Å². The Hall–Kier alpha value is -2.08. The first-order chi connectivity index (χ1) is 8.33. The van der Waals surface area contributed by atoms with Crippen molar-refractivity contribution in [2.75, 3.05) is 11.1 Å². The van der Waals surface area contributed by atoms with Gasteiger partial charge in [0.1, 0.15) is 5.52 Å². The van der Waals surface area contributed by atoms with E-state index in [1.165, 1.54) is 0 Å². The Morgan fingerprint density at radius 3 is 3.12 bits per heavy atom. The van der Waals surface area contributed by atoms with Crippen molar-refractivity contribution in [1.29, 1.82) is 0 Å². The molecule has 0 spiro atoms. The minimum Gasteiger partial charge on any atom is -0.423 e. The van der Waals surface area contributed by atoms with Gasteiger partial charge < -0.3 is 15.5 Å². The van der Waals surface area contributed by atoms with Crippen molar-refractivity contribution in [2.24, 2.45) is 0 Å². The van der Waals surface area contributed by atoms with Crippen LogP contribution in [0.4, 0.5) is 11.7 Å². The number of hydrogen-bond acceptors (Lipinski definition) is 6. The maximum Gasteiger partial charge on any atom is 0.296 e. The molecule has 3 rings (SSSR count). The van der Waals surface area contributed by atoms with Crippen molar-refractivity contribution in [3.8, 4) is 0 Å². The summed E-state index contributed by atoms with van der Waals surface area (Å²) in [5, 5.41) is 5.05. The third kappa shape index (κ3) is 1.94. The van der Waals surface area contributed by atoms with E-state index in [-0.39, 0.29) is 0 Å². The molecule has 0 atom stereocenters. The van der Waals surface area contributed by atoms with Gasteiger partial charge in [0.05, 0.1) is 23.4 Å². The van der Waals surface area contributed by atoms with Gasteiger partial charge in [-0.05, 0) is 12.1 Å². The zero-order valence-corrected chi connectivity index (χ0v) is 9.70. The third-order valence-electron chi connectivity index (χ3n) is 2.35. The van der Waals surface area contributed by atoms with E-state index in [0.717, 1.165) is 5.69 Å². The van der Waals surface area contributed by atoms with E-state index >= 15 is 0 Å². The molecule has 0 saturated heterocycles. The number of nitrogens with zero attached hydrogens (tertiary/aromatic N) is 2. The summed E-state index contributed by atoms with van der Waals surface area (Å²) >= 11 is 1.56. The molecule has 0 saturated carbocycles. The first kappa shape index (κ1) is 10.1. The Bertz CT molecular complexity index is 632. The van der Waals surface area contributed by atoms with Crippen LogP contribution in [0, 0.1) is 0 Å². The maximum atomic E-state index is 5.80. The molecule has 0 bridgehead atoms. The van der Waals surface area contributed by atoms with Crippen LogP contribution in [-0.2, 0) is 6.54 Å². The summed E-state index contributed by atoms with van der Waals surface area (Å²) in [5.74, 6) is 0. The van der Waals surface area contributed by atoms with Gasteiger partial charge in [-0.1, -0.05) is 6.07 Å². The lowest BCUT2D eigenvalue weighted by Crippen LogP contribution is -1.99. The Kier molecular flexibility index (Phi) is 2.41. The van der Waals surface area contributed by atoms with Crippen molar-refractivity contribution in [2.45, 2.75) is 6.54 Å². The number of aromatic nitrogens is 2. The summed E-state index contributed by atoms with van der Waals surface area (Å²) in [7, 11) is 0. The lowest BCUT2D eigenvalue weighted by molar-refractivity contribution is 0.614. The fourth-order valence-corrected chi connectivity index (χ4v) is 2.09. The van der Waals surface area contributed by atoms with E-state index in [2.05, 4.69) is 15.3 Å². The summed E-state index contributed by atoms with van der Waals surface area (Å²) in [6.07, 6.45) is 0. The molecule has 0 aliphatic rings. The van der Waals surface area contributed by atoms with Gasteiger partial charge in [-0.25, -0.2) is 4.98 Å². The van der Waals surface area contributed by atoms with Crippen LogP contribution in [0.5, 0.6) is 0 Å². The largest absolute Gasteiger partial charge is 0.423 e. The lowest BCUT2D eigenvalue weighted by Gasteiger charge is -1.96. The highest BCUT2D eigenvalue weighted by atomic mass is 32.1. The molecule has 2 aromatic heterocycles. The number of nitrogen functional groups attached to an aromatic ring is 1. The average molecular weight is 246 g/mol. The van der Waals surface area contributed by atoms with E-state index in [9.17, 15) is 0 Å². The number of oxazole rings is 1. The van der Waals surface area contributed by atoms with Gasteiger partial charge in [-0.15, -0.1) is 11.3 Å². The van der Waals surface area contributed by atoms with E-state index < -0.39 is 0 Å². The molecular weight excluding hydrogens is 236 g/mol. The van der Waals surface area contributed by atoms with E-state index in [1.54, 1.807) is 22.9 Å². The molecule has 0 unspecified atom stereocenters. The summed E-state index contributed by atoms with van der Waals surface area (Å²) in [6.45, 7) is 0.593. The SMILES string of the molecule is Nc1cccc2oc(NCc3cscn3)nc12.